The third kappa shape index (κ3) is 3.19. The summed E-state index contributed by atoms with van der Waals surface area (Å²) in [5.41, 5.74) is -0.641. The highest BCUT2D eigenvalue weighted by Crippen LogP contribution is 2.35. The first-order chi connectivity index (χ1) is 8.13. The number of ether oxygens (including phenoxy) is 1. The van der Waals surface area contributed by atoms with Gasteiger partial charge in [-0.1, -0.05) is 0 Å². The normalized spacial score (nSPS) is 33.4. The molecule has 2 unspecified atom stereocenters. The van der Waals surface area contributed by atoms with E-state index in [9.17, 15) is 9.90 Å². The number of piperidine rings is 1. The van der Waals surface area contributed by atoms with Gasteiger partial charge in [0.05, 0.1) is 12.2 Å². The maximum atomic E-state index is 11.3. The Morgan fingerprint density at radius 3 is 3.12 bits per heavy atom. The zero-order valence-electron chi connectivity index (χ0n) is 10.7. The minimum absolute atomic E-state index is 0.185. The zero-order valence-corrected chi connectivity index (χ0v) is 10.7. The second-order valence-electron chi connectivity index (χ2n) is 5.32. The lowest BCUT2D eigenvalue weighted by Gasteiger charge is -2.40. The quantitative estimate of drug-likeness (QED) is 0.754. The number of aliphatic hydroxyl groups is 1. The predicted octanol–water partition coefficient (Wildman–Crippen LogP) is 1.32. The van der Waals surface area contributed by atoms with Gasteiger partial charge < -0.3 is 14.7 Å². The van der Waals surface area contributed by atoms with Gasteiger partial charge in [0.25, 0.3) is 0 Å². The number of carbonyl (C=O) groups excluding carboxylic acids is 1. The van der Waals surface area contributed by atoms with Crippen LogP contribution in [0.4, 0.5) is 0 Å². The van der Waals surface area contributed by atoms with Crippen LogP contribution in [0.5, 0.6) is 0 Å². The molecule has 2 rings (SSSR count). The lowest BCUT2D eigenvalue weighted by molar-refractivity contribution is -0.145. The number of rotatable bonds is 4. The van der Waals surface area contributed by atoms with Crippen molar-refractivity contribution in [1.29, 1.82) is 0 Å². The molecule has 4 heteroatoms. The first kappa shape index (κ1) is 12.8. The minimum atomic E-state index is -0.641. The summed E-state index contributed by atoms with van der Waals surface area (Å²) in [6.07, 6.45) is 4.96. The Hall–Kier alpha value is -0.610. The Balaban J connectivity index is 1.81. The van der Waals surface area contributed by atoms with E-state index in [1.54, 1.807) is 0 Å². The molecular formula is C13H23NO3. The van der Waals surface area contributed by atoms with E-state index < -0.39 is 5.60 Å². The van der Waals surface area contributed by atoms with Crippen LogP contribution in [0, 0.1) is 0 Å². The minimum Gasteiger partial charge on any atom is -0.466 e. The molecule has 0 aromatic carbocycles. The molecule has 0 aliphatic carbocycles. The summed E-state index contributed by atoms with van der Waals surface area (Å²) >= 11 is 0. The Morgan fingerprint density at radius 1 is 1.53 bits per heavy atom. The van der Waals surface area contributed by atoms with Crippen LogP contribution < -0.4 is 0 Å². The van der Waals surface area contributed by atoms with Crippen LogP contribution >= 0.6 is 0 Å². The Labute approximate surface area is 103 Å². The van der Waals surface area contributed by atoms with E-state index in [1.165, 1.54) is 19.4 Å². The van der Waals surface area contributed by atoms with Gasteiger partial charge in [0.15, 0.2) is 0 Å². The number of carbonyl (C=O) groups is 1. The molecule has 0 spiro atoms. The summed E-state index contributed by atoms with van der Waals surface area (Å²) in [4.78, 5) is 13.8. The van der Waals surface area contributed by atoms with Crippen molar-refractivity contribution < 1.29 is 14.6 Å². The van der Waals surface area contributed by atoms with Gasteiger partial charge in [-0.05, 0) is 45.6 Å². The Bertz CT molecular complexity index is 282. The average molecular weight is 241 g/mol. The van der Waals surface area contributed by atoms with E-state index in [4.69, 9.17) is 4.74 Å². The molecule has 98 valence electrons. The second kappa shape index (κ2) is 5.36. The number of fused-ring (bicyclic) bond motifs is 1. The highest BCUT2D eigenvalue weighted by Gasteiger charge is 2.40. The fourth-order valence-electron chi connectivity index (χ4n) is 3.11. The van der Waals surface area contributed by atoms with Gasteiger partial charge in [0.2, 0.25) is 0 Å². The monoisotopic (exact) mass is 241 g/mol. The number of nitrogens with zero attached hydrogens (tertiary/aromatic N) is 1. The molecule has 2 aliphatic heterocycles. The predicted molar refractivity (Wildman–Crippen MR) is 64.6 cm³/mol. The van der Waals surface area contributed by atoms with E-state index in [2.05, 4.69) is 4.90 Å². The second-order valence-corrected chi connectivity index (χ2v) is 5.32. The molecule has 2 atom stereocenters. The molecule has 0 amide bonds. The molecule has 0 bridgehead atoms. The third-order valence-electron chi connectivity index (χ3n) is 4.08. The van der Waals surface area contributed by atoms with E-state index in [0.717, 1.165) is 19.4 Å². The summed E-state index contributed by atoms with van der Waals surface area (Å²) in [5, 5.41) is 10.5. The number of hydrogen-bond donors (Lipinski definition) is 1. The summed E-state index contributed by atoms with van der Waals surface area (Å²) in [5.74, 6) is -0.185. The van der Waals surface area contributed by atoms with Gasteiger partial charge >= 0.3 is 5.97 Å². The van der Waals surface area contributed by atoms with Crippen LogP contribution in [-0.2, 0) is 9.53 Å². The van der Waals surface area contributed by atoms with Crippen molar-refractivity contribution in [3.05, 3.63) is 0 Å². The standard InChI is InChI=1S/C13H23NO3/c1-2-17-12(15)5-6-13(16)7-9-14-8-3-4-11(14)10-13/h11,16H,2-10H2,1H3. The van der Waals surface area contributed by atoms with Crippen LogP contribution in [0.1, 0.15) is 45.4 Å². The molecule has 0 aromatic heterocycles. The van der Waals surface area contributed by atoms with E-state index in [0.29, 0.717) is 25.5 Å². The fraction of sp³-hybridized carbons (Fsp3) is 0.923. The van der Waals surface area contributed by atoms with Crippen molar-refractivity contribution in [1.82, 2.24) is 4.90 Å². The molecule has 2 fully saturated rings. The summed E-state index contributed by atoms with van der Waals surface area (Å²) in [6, 6.07) is 0.538. The molecule has 0 saturated carbocycles. The smallest absolute Gasteiger partial charge is 0.305 e. The SMILES string of the molecule is CCOC(=O)CCC1(O)CCN2CCCC2C1. The first-order valence-corrected chi connectivity index (χ1v) is 6.75. The Kier molecular flexibility index (Phi) is 4.05. The van der Waals surface area contributed by atoms with Gasteiger partial charge in [0.1, 0.15) is 0 Å². The average Bonchev–Trinajstić information content (AvgIpc) is 2.74. The van der Waals surface area contributed by atoms with Crippen molar-refractivity contribution in [2.75, 3.05) is 19.7 Å². The van der Waals surface area contributed by atoms with Crippen LogP contribution in [-0.4, -0.2) is 47.3 Å². The van der Waals surface area contributed by atoms with Crippen molar-refractivity contribution in [2.24, 2.45) is 0 Å². The van der Waals surface area contributed by atoms with E-state index in [-0.39, 0.29) is 5.97 Å². The van der Waals surface area contributed by atoms with Crippen molar-refractivity contribution in [3.63, 3.8) is 0 Å². The molecule has 17 heavy (non-hydrogen) atoms. The molecule has 2 heterocycles. The molecular weight excluding hydrogens is 218 g/mol. The highest BCUT2D eigenvalue weighted by atomic mass is 16.5. The zero-order chi connectivity index (χ0) is 12.3. The molecule has 1 N–H and O–H groups in total. The summed E-state index contributed by atoms with van der Waals surface area (Å²) in [6.45, 7) is 4.39. The van der Waals surface area contributed by atoms with Crippen molar-refractivity contribution in [2.45, 2.75) is 57.1 Å². The fourth-order valence-corrected chi connectivity index (χ4v) is 3.11. The van der Waals surface area contributed by atoms with E-state index in [1.807, 2.05) is 6.92 Å². The lowest BCUT2D eigenvalue weighted by atomic mass is 9.83. The molecule has 0 radical (unpaired) electrons. The van der Waals surface area contributed by atoms with Gasteiger partial charge in [-0.3, -0.25) is 4.79 Å². The van der Waals surface area contributed by atoms with Gasteiger partial charge in [0, 0.05) is 19.0 Å². The largest absolute Gasteiger partial charge is 0.466 e. The molecule has 4 nitrogen and oxygen atoms in total. The van der Waals surface area contributed by atoms with Crippen LogP contribution in [0.15, 0.2) is 0 Å². The summed E-state index contributed by atoms with van der Waals surface area (Å²) < 4.78 is 4.90. The van der Waals surface area contributed by atoms with Crippen LogP contribution in [0.3, 0.4) is 0 Å². The third-order valence-corrected chi connectivity index (χ3v) is 4.08. The maximum absolute atomic E-state index is 11.3. The Morgan fingerprint density at radius 2 is 2.35 bits per heavy atom. The first-order valence-electron chi connectivity index (χ1n) is 6.75. The van der Waals surface area contributed by atoms with Gasteiger partial charge in [-0.15, -0.1) is 0 Å². The van der Waals surface area contributed by atoms with Gasteiger partial charge in [-0.2, -0.15) is 0 Å². The number of esters is 1. The topological polar surface area (TPSA) is 49.8 Å². The van der Waals surface area contributed by atoms with Crippen LogP contribution in [0.2, 0.25) is 0 Å². The molecule has 2 saturated heterocycles. The maximum Gasteiger partial charge on any atom is 0.305 e. The van der Waals surface area contributed by atoms with Gasteiger partial charge in [-0.25, -0.2) is 0 Å². The van der Waals surface area contributed by atoms with E-state index >= 15 is 0 Å². The lowest BCUT2D eigenvalue weighted by Crippen LogP contribution is -2.47. The van der Waals surface area contributed by atoms with Crippen LogP contribution in [0.25, 0.3) is 0 Å². The van der Waals surface area contributed by atoms with Crippen molar-refractivity contribution in [3.8, 4) is 0 Å². The molecule has 0 aromatic rings. The van der Waals surface area contributed by atoms with Crippen molar-refractivity contribution >= 4 is 5.97 Å². The number of hydrogen-bond acceptors (Lipinski definition) is 4. The molecule has 2 aliphatic rings. The summed E-state index contributed by atoms with van der Waals surface area (Å²) in [7, 11) is 0. The highest BCUT2D eigenvalue weighted by molar-refractivity contribution is 5.69.